The van der Waals surface area contributed by atoms with Crippen LogP contribution in [0.3, 0.4) is 0 Å². The van der Waals surface area contributed by atoms with Crippen molar-refractivity contribution >= 4 is 44.0 Å². The maximum Gasteiger partial charge on any atom is 0.488 e. The zero-order valence-electron chi connectivity index (χ0n) is 28.0. The molecule has 0 radical (unpaired) electrons. The summed E-state index contributed by atoms with van der Waals surface area (Å²) < 4.78 is 69.0. The van der Waals surface area contributed by atoms with Crippen molar-refractivity contribution in [2.45, 2.75) is 132 Å². The van der Waals surface area contributed by atoms with Crippen molar-refractivity contribution in [2.24, 2.45) is 0 Å². The topological polar surface area (TPSA) is 92.3 Å². The Kier molecular flexibility index (Phi) is 15.6. The minimum Gasteiger partial charge on any atom is -0.374 e. The van der Waals surface area contributed by atoms with Crippen LogP contribution < -0.4 is 0 Å². The van der Waals surface area contributed by atoms with Crippen LogP contribution in [0.4, 0.5) is 0 Å². The van der Waals surface area contributed by atoms with Gasteiger partial charge in [0.05, 0.1) is 0 Å². The predicted molar refractivity (Wildman–Crippen MR) is 168 cm³/mol. The molecule has 0 spiro atoms. The van der Waals surface area contributed by atoms with Crippen molar-refractivity contribution < 1.29 is 42.7 Å². The van der Waals surface area contributed by atoms with E-state index in [4.69, 9.17) is 42.7 Å². The largest absolute Gasteiger partial charge is 0.488 e. The lowest BCUT2D eigenvalue weighted by molar-refractivity contribution is 0.00696. The van der Waals surface area contributed by atoms with Crippen LogP contribution in [-0.2, 0) is 42.7 Å². The average molecular weight is 661 g/mol. The van der Waals surface area contributed by atoms with Crippen LogP contribution in [-0.4, -0.2) is 77.1 Å². The van der Waals surface area contributed by atoms with Gasteiger partial charge in [-0.15, -0.1) is 0 Å². The molecule has 10 nitrogen and oxygen atoms in total. The van der Waals surface area contributed by atoms with E-state index in [9.17, 15) is 0 Å². The number of rotatable bonds is 15. The van der Waals surface area contributed by atoms with Crippen LogP contribution in [0.2, 0.25) is 27.7 Å². The molecule has 0 aromatic heterocycles. The molecule has 1 aliphatic rings. The summed E-state index contributed by atoms with van der Waals surface area (Å²) in [6.45, 7) is 32.3. The van der Waals surface area contributed by atoms with Crippen LogP contribution in [0, 0.1) is 0 Å². The molecule has 0 atom stereocenters. The fourth-order valence-corrected chi connectivity index (χ4v) is 30.5. The van der Waals surface area contributed by atoms with E-state index in [0.29, 0.717) is 33.0 Å². The van der Waals surface area contributed by atoms with Crippen molar-refractivity contribution in [2.75, 3.05) is 33.0 Å². The van der Waals surface area contributed by atoms with Gasteiger partial charge in [-0.2, -0.15) is 0 Å². The molecule has 240 valence electrons. The molecule has 0 aliphatic carbocycles. The van der Waals surface area contributed by atoms with E-state index in [0.717, 1.165) is 0 Å². The summed E-state index contributed by atoms with van der Waals surface area (Å²) in [5, 5.41) is 0. The van der Waals surface area contributed by atoms with Crippen LogP contribution in [0.25, 0.3) is 0 Å². The zero-order chi connectivity index (χ0) is 31.0. The Bertz CT molecular complexity index is 591. The molecule has 1 fully saturated rings. The van der Waals surface area contributed by atoms with Crippen LogP contribution >= 0.6 is 0 Å². The summed E-state index contributed by atoms with van der Waals surface area (Å²) in [5.41, 5.74) is -0.687. The fraction of sp³-hybridized carbons (Fsp3) is 1.00. The first-order valence-corrected chi connectivity index (χ1v) is 24.3. The Hall–Kier alpha value is 0.684. The summed E-state index contributed by atoms with van der Waals surface area (Å²) in [7, 11) is -18.0. The van der Waals surface area contributed by atoms with E-state index in [1.807, 2.05) is 34.6 Å². The van der Waals surface area contributed by atoms with E-state index >= 15 is 0 Å². The first-order chi connectivity index (χ1) is 18.6. The lowest BCUT2D eigenvalue weighted by Crippen LogP contribution is -2.75. The third-order valence-corrected chi connectivity index (χ3v) is 28.6. The van der Waals surface area contributed by atoms with E-state index < -0.39 is 44.0 Å². The molecule has 15 heteroatoms. The van der Waals surface area contributed by atoms with Crippen molar-refractivity contribution in [3.05, 3.63) is 0 Å². The van der Waals surface area contributed by atoms with Crippen molar-refractivity contribution in [3.63, 3.8) is 0 Å². The second-order valence-corrected chi connectivity index (χ2v) is 28.8. The van der Waals surface area contributed by atoms with Gasteiger partial charge in [0.25, 0.3) is 0 Å². The second kappa shape index (κ2) is 16.1. The molecule has 1 rings (SSSR count). The van der Waals surface area contributed by atoms with Crippen molar-refractivity contribution in [3.8, 4) is 0 Å². The lowest BCUT2D eigenvalue weighted by Gasteiger charge is -2.53. The molecule has 0 saturated carbocycles. The van der Waals surface area contributed by atoms with Gasteiger partial charge in [0.1, 0.15) is 0 Å². The van der Waals surface area contributed by atoms with Gasteiger partial charge < -0.3 is 42.7 Å². The molecule has 1 aliphatic heterocycles. The van der Waals surface area contributed by atoms with E-state index in [1.54, 1.807) is 0 Å². The third kappa shape index (κ3) is 8.44. The fourth-order valence-electron chi connectivity index (χ4n) is 4.41. The van der Waals surface area contributed by atoms with Gasteiger partial charge in [0.2, 0.25) is 0 Å². The summed E-state index contributed by atoms with van der Waals surface area (Å²) >= 11 is 0. The Balaban J connectivity index is 4.37. The van der Waals surface area contributed by atoms with Crippen LogP contribution in [0.1, 0.15) is 104 Å². The zero-order valence-corrected chi connectivity index (χ0v) is 33.0. The first kappa shape index (κ1) is 38.7. The van der Waals surface area contributed by atoms with E-state index in [1.165, 1.54) is 0 Å². The highest BCUT2D eigenvalue weighted by atomic mass is 28.6. The number of hydrogen-bond acceptors (Lipinski definition) is 10. The van der Waals surface area contributed by atoms with Gasteiger partial charge >= 0.3 is 44.0 Å². The molecule has 0 bridgehead atoms. The highest BCUT2D eigenvalue weighted by Gasteiger charge is 2.71. The van der Waals surface area contributed by atoms with Gasteiger partial charge in [0.15, 0.2) is 0 Å². The summed E-state index contributed by atoms with van der Waals surface area (Å²) in [4.78, 5) is 0. The Labute approximate surface area is 250 Å². The monoisotopic (exact) mass is 660 g/mol. The van der Waals surface area contributed by atoms with Crippen LogP contribution in [0.5, 0.6) is 0 Å². The molecule has 0 aromatic rings. The molecule has 40 heavy (non-hydrogen) atoms. The Morgan fingerprint density at radius 1 is 0.325 bits per heavy atom. The number of hydrogen-bond donors (Lipinski definition) is 0. The summed E-state index contributed by atoms with van der Waals surface area (Å²) in [6.07, 6.45) is 0. The van der Waals surface area contributed by atoms with Gasteiger partial charge in [-0.25, -0.2) is 0 Å². The third-order valence-electron chi connectivity index (χ3n) is 6.69. The molecule has 1 saturated heterocycles. The SMILES string of the molecule is CCO[Si]1(C(C)C)O[Si](OCC)(C(C)C)O[Si](OCC)(C(C)C)O[Si](OCC)(C(C)C)O[Si](OCC)(C(C)C)O1. The Morgan fingerprint density at radius 2 is 0.450 bits per heavy atom. The summed E-state index contributed by atoms with van der Waals surface area (Å²) in [6, 6.07) is 0. The van der Waals surface area contributed by atoms with E-state index in [2.05, 4.69) is 69.2 Å². The maximum atomic E-state index is 7.21. The smallest absolute Gasteiger partial charge is 0.374 e. The molecule has 1 heterocycles. The molecule has 0 amide bonds. The van der Waals surface area contributed by atoms with Crippen molar-refractivity contribution in [1.82, 2.24) is 0 Å². The van der Waals surface area contributed by atoms with Gasteiger partial charge in [-0.1, -0.05) is 69.2 Å². The van der Waals surface area contributed by atoms with E-state index in [-0.39, 0.29) is 27.7 Å². The van der Waals surface area contributed by atoms with Crippen molar-refractivity contribution in [1.29, 1.82) is 0 Å². The highest BCUT2D eigenvalue weighted by Crippen LogP contribution is 2.47. The quantitative estimate of drug-likeness (QED) is 0.171. The molecule has 0 unspecified atom stereocenters. The first-order valence-electron chi connectivity index (χ1n) is 15.3. The maximum absolute atomic E-state index is 7.21. The normalized spacial score (nSPS) is 34.5. The standard InChI is InChI=1S/C25H60O10Si5/c1-16-26-36(21(6)7)31-37(22(8)9,27-17-2)33-39(24(12)13,29-19-4)35-40(25(14)15,30-20-5)34-38(32-36,23(10)11)28-18-3/h21-25H,16-20H2,1-15H3. The van der Waals surface area contributed by atoms with Gasteiger partial charge in [-0.3, -0.25) is 0 Å². The minimum absolute atomic E-state index is 0.137. The predicted octanol–water partition coefficient (Wildman–Crippen LogP) is 7.01. The molecular formula is C25H60O10Si5. The summed E-state index contributed by atoms with van der Waals surface area (Å²) in [5.74, 6) is 0. The molecular weight excluding hydrogens is 601 g/mol. The highest BCUT2D eigenvalue weighted by molar-refractivity contribution is 6.90. The second-order valence-electron chi connectivity index (χ2n) is 11.5. The molecule has 0 N–H and O–H groups in total. The van der Waals surface area contributed by atoms with Gasteiger partial charge in [0, 0.05) is 60.7 Å². The van der Waals surface area contributed by atoms with Gasteiger partial charge in [-0.05, 0) is 34.6 Å². The van der Waals surface area contributed by atoms with Crippen LogP contribution in [0.15, 0.2) is 0 Å². The molecule has 0 aromatic carbocycles. The minimum atomic E-state index is -3.61. The lowest BCUT2D eigenvalue weighted by atomic mass is 10.6. The Morgan fingerprint density at radius 3 is 0.525 bits per heavy atom. The average Bonchev–Trinajstić information content (AvgIpc) is 2.83.